The van der Waals surface area contributed by atoms with Gasteiger partial charge in [0.15, 0.2) is 0 Å². The molecule has 1 aromatic carbocycles. The van der Waals surface area contributed by atoms with Crippen molar-refractivity contribution in [2.45, 2.75) is 31.7 Å². The number of amides is 1. The first-order valence-electron chi connectivity index (χ1n) is 6.31. The first-order valence-corrected chi connectivity index (χ1v) is 6.84. The number of hydrogen-bond donors (Lipinski definition) is 1. The van der Waals surface area contributed by atoms with E-state index in [1.807, 2.05) is 25.1 Å². The van der Waals surface area contributed by atoms with Gasteiger partial charge < -0.3 is 10.1 Å². The number of rotatable bonds is 5. The number of alkyl halides is 1. The Morgan fingerprint density at radius 1 is 1.44 bits per heavy atom. The van der Waals surface area contributed by atoms with E-state index in [2.05, 4.69) is 5.32 Å². The van der Waals surface area contributed by atoms with Gasteiger partial charge in [-0.1, -0.05) is 12.1 Å². The van der Waals surface area contributed by atoms with Gasteiger partial charge in [-0.25, -0.2) is 0 Å². The van der Waals surface area contributed by atoms with E-state index >= 15 is 0 Å². The van der Waals surface area contributed by atoms with Gasteiger partial charge >= 0.3 is 0 Å². The van der Waals surface area contributed by atoms with E-state index < -0.39 is 0 Å². The van der Waals surface area contributed by atoms with Gasteiger partial charge in [-0.05, 0) is 38.3 Å². The van der Waals surface area contributed by atoms with Crippen LogP contribution < -0.4 is 10.1 Å². The summed E-state index contributed by atoms with van der Waals surface area (Å²) >= 11 is 5.95. The minimum Gasteiger partial charge on any atom is -0.493 e. The van der Waals surface area contributed by atoms with Crippen LogP contribution in [0.4, 0.5) is 0 Å². The van der Waals surface area contributed by atoms with Crippen LogP contribution in [0, 0.1) is 0 Å². The summed E-state index contributed by atoms with van der Waals surface area (Å²) in [7, 11) is 0. The number of benzene rings is 1. The van der Waals surface area contributed by atoms with Crippen LogP contribution in [0.2, 0.25) is 0 Å². The molecule has 0 atom stereocenters. The summed E-state index contributed by atoms with van der Waals surface area (Å²) in [6, 6.07) is 7.29. The van der Waals surface area contributed by atoms with Gasteiger partial charge in [-0.3, -0.25) is 4.79 Å². The van der Waals surface area contributed by atoms with Crippen LogP contribution in [-0.2, 0) is 0 Å². The van der Waals surface area contributed by atoms with Gasteiger partial charge in [-0.15, -0.1) is 11.6 Å². The second kappa shape index (κ2) is 5.61. The van der Waals surface area contributed by atoms with Crippen molar-refractivity contribution in [1.82, 2.24) is 5.32 Å². The Balaban J connectivity index is 2.13. The van der Waals surface area contributed by atoms with Gasteiger partial charge in [0.1, 0.15) is 5.75 Å². The maximum atomic E-state index is 12.3. The monoisotopic (exact) mass is 267 g/mol. The first kappa shape index (κ1) is 13.2. The SMILES string of the molecule is CCOc1ccccc1C(=O)NC1(CCl)CCC1. The minimum absolute atomic E-state index is 0.0978. The lowest BCUT2D eigenvalue weighted by Gasteiger charge is -2.41. The first-order chi connectivity index (χ1) is 8.71. The topological polar surface area (TPSA) is 38.3 Å². The molecule has 0 radical (unpaired) electrons. The van der Waals surface area contributed by atoms with E-state index in [4.69, 9.17) is 16.3 Å². The molecule has 0 spiro atoms. The van der Waals surface area contributed by atoms with Crippen LogP contribution in [0.3, 0.4) is 0 Å². The fraction of sp³-hybridized carbons (Fsp3) is 0.500. The molecule has 0 saturated heterocycles. The maximum absolute atomic E-state index is 12.3. The van der Waals surface area contributed by atoms with Gasteiger partial charge in [0, 0.05) is 5.88 Å². The van der Waals surface area contributed by atoms with Crippen LogP contribution in [0.1, 0.15) is 36.5 Å². The normalized spacial score (nSPS) is 16.8. The lowest BCUT2D eigenvalue weighted by atomic mass is 9.78. The van der Waals surface area contributed by atoms with Crippen molar-refractivity contribution in [1.29, 1.82) is 0 Å². The molecule has 1 fully saturated rings. The second-order valence-corrected chi connectivity index (χ2v) is 4.92. The molecule has 1 N–H and O–H groups in total. The van der Waals surface area contributed by atoms with Crippen molar-refractivity contribution in [2.75, 3.05) is 12.5 Å². The molecule has 0 unspecified atom stereocenters. The molecule has 4 heteroatoms. The van der Waals surface area contributed by atoms with E-state index in [0.29, 0.717) is 23.8 Å². The summed E-state index contributed by atoms with van der Waals surface area (Å²) < 4.78 is 5.46. The number of carbonyl (C=O) groups excluding carboxylic acids is 1. The average molecular weight is 268 g/mol. The van der Waals surface area contributed by atoms with Crippen LogP contribution in [0.25, 0.3) is 0 Å². The Kier molecular flexibility index (Phi) is 4.12. The zero-order valence-electron chi connectivity index (χ0n) is 10.5. The standard InChI is InChI=1S/C14H18ClNO2/c1-2-18-12-7-4-3-6-11(12)13(17)16-14(10-15)8-5-9-14/h3-4,6-7H,2,5,8-10H2,1H3,(H,16,17). The highest BCUT2D eigenvalue weighted by Gasteiger charge is 2.38. The van der Waals surface area contributed by atoms with E-state index in [0.717, 1.165) is 19.3 Å². The van der Waals surface area contributed by atoms with Crippen LogP contribution in [0.5, 0.6) is 5.75 Å². The molecule has 1 aromatic rings. The molecule has 0 bridgehead atoms. The summed E-state index contributed by atoms with van der Waals surface area (Å²) in [5.74, 6) is 0.996. The third-order valence-electron chi connectivity index (χ3n) is 3.38. The number of ether oxygens (including phenoxy) is 1. The Bertz CT molecular complexity index is 424. The largest absolute Gasteiger partial charge is 0.493 e. The van der Waals surface area contributed by atoms with E-state index in [-0.39, 0.29) is 11.4 Å². The Labute approximate surface area is 112 Å². The molecular weight excluding hydrogens is 250 g/mol. The molecular formula is C14H18ClNO2. The molecule has 0 heterocycles. The fourth-order valence-corrected chi connectivity index (χ4v) is 2.47. The second-order valence-electron chi connectivity index (χ2n) is 4.65. The van der Waals surface area contributed by atoms with Crippen molar-refractivity contribution in [3.63, 3.8) is 0 Å². The van der Waals surface area contributed by atoms with Crippen LogP contribution in [-0.4, -0.2) is 23.9 Å². The smallest absolute Gasteiger partial charge is 0.255 e. The Hall–Kier alpha value is -1.22. The molecule has 1 aliphatic rings. The lowest BCUT2D eigenvalue weighted by Crippen LogP contribution is -2.55. The zero-order valence-corrected chi connectivity index (χ0v) is 11.3. The van der Waals surface area contributed by atoms with Gasteiger partial charge in [0.2, 0.25) is 0 Å². The van der Waals surface area contributed by atoms with E-state index in [1.165, 1.54) is 0 Å². The summed E-state index contributed by atoms with van der Waals surface area (Å²) in [5, 5.41) is 3.04. The van der Waals surface area contributed by atoms with E-state index in [9.17, 15) is 4.79 Å². The average Bonchev–Trinajstić information content (AvgIpc) is 2.35. The van der Waals surface area contributed by atoms with Gasteiger partial charge in [0.05, 0.1) is 17.7 Å². The van der Waals surface area contributed by atoms with Crippen molar-refractivity contribution in [2.24, 2.45) is 0 Å². The molecule has 1 amide bonds. The van der Waals surface area contributed by atoms with Gasteiger partial charge in [-0.2, -0.15) is 0 Å². The van der Waals surface area contributed by atoms with E-state index in [1.54, 1.807) is 6.07 Å². The van der Waals surface area contributed by atoms with Crippen LogP contribution >= 0.6 is 11.6 Å². The highest BCUT2D eigenvalue weighted by atomic mass is 35.5. The third-order valence-corrected chi connectivity index (χ3v) is 3.89. The molecule has 98 valence electrons. The number of halogens is 1. The number of carbonyl (C=O) groups is 1. The summed E-state index contributed by atoms with van der Waals surface area (Å²) in [4.78, 5) is 12.3. The fourth-order valence-electron chi connectivity index (χ4n) is 2.14. The summed E-state index contributed by atoms with van der Waals surface area (Å²) in [5.41, 5.74) is 0.369. The van der Waals surface area contributed by atoms with Gasteiger partial charge in [0.25, 0.3) is 5.91 Å². The van der Waals surface area contributed by atoms with Crippen molar-refractivity contribution in [3.8, 4) is 5.75 Å². The minimum atomic E-state index is -0.210. The number of hydrogen-bond acceptors (Lipinski definition) is 2. The predicted octanol–water partition coefficient (Wildman–Crippen LogP) is 2.98. The third kappa shape index (κ3) is 2.61. The number of para-hydroxylation sites is 1. The Morgan fingerprint density at radius 2 is 2.17 bits per heavy atom. The van der Waals surface area contributed by atoms with Crippen LogP contribution in [0.15, 0.2) is 24.3 Å². The molecule has 3 nitrogen and oxygen atoms in total. The zero-order chi connectivity index (χ0) is 13.0. The quantitative estimate of drug-likeness (QED) is 0.833. The molecule has 0 aliphatic heterocycles. The summed E-state index contributed by atoms with van der Waals surface area (Å²) in [6.45, 7) is 2.45. The molecule has 18 heavy (non-hydrogen) atoms. The van der Waals surface area contributed by atoms with Crippen molar-refractivity contribution in [3.05, 3.63) is 29.8 Å². The molecule has 0 aromatic heterocycles. The van der Waals surface area contributed by atoms with Crippen molar-refractivity contribution < 1.29 is 9.53 Å². The molecule has 1 aliphatic carbocycles. The highest BCUT2D eigenvalue weighted by molar-refractivity contribution is 6.19. The predicted molar refractivity (Wildman–Crippen MR) is 72.4 cm³/mol. The maximum Gasteiger partial charge on any atom is 0.255 e. The highest BCUT2D eigenvalue weighted by Crippen LogP contribution is 2.33. The van der Waals surface area contributed by atoms with Crippen molar-refractivity contribution >= 4 is 17.5 Å². The Morgan fingerprint density at radius 3 is 2.72 bits per heavy atom. The lowest BCUT2D eigenvalue weighted by molar-refractivity contribution is 0.0850. The number of nitrogens with one attached hydrogen (secondary N) is 1. The summed E-state index contributed by atoms with van der Waals surface area (Å²) in [6.07, 6.45) is 3.04. The molecule has 2 rings (SSSR count). The molecule has 1 saturated carbocycles.